The number of urea groups is 1. The summed E-state index contributed by atoms with van der Waals surface area (Å²) in [4.78, 5) is 15.2. The van der Waals surface area contributed by atoms with Crippen molar-refractivity contribution in [2.45, 2.75) is 6.92 Å². The Bertz CT molecular complexity index is 299. The smallest absolute Gasteiger partial charge is 0.320 e. The predicted octanol–water partition coefficient (Wildman–Crippen LogP) is 1.75. The van der Waals surface area contributed by atoms with E-state index in [0.29, 0.717) is 18.2 Å². The number of pyridine rings is 1. The first-order valence-corrected chi connectivity index (χ1v) is 4.79. The average molecular weight is 214 g/mol. The Labute approximate surface area is 87.7 Å². The van der Waals surface area contributed by atoms with E-state index in [2.05, 4.69) is 15.6 Å². The van der Waals surface area contributed by atoms with Crippen LogP contribution in [0.25, 0.3) is 0 Å². The maximum atomic E-state index is 11.1. The maximum absolute atomic E-state index is 11.1. The van der Waals surface area contributed by atoms with Gasteiger partial charge in [-0.05, 0) is 18.6 Å². The molecule has 1 aromatic rings. The molecule has 0 spiro atoms. The van der Waals surface area contributed by atoms with Crippen molar-refractivity contribution in [3.8, 4) is 0 Å². The summed E-state index contributed by atoms with van der Waals surface area (Å²) in [5, 5.41) is 5.16. The van der Waals surface area contributed by atoms with Crippen molar-refractivity contribution < 1.29 is 4.79 Å². The van der Waals surface area contributed by atoms with Crippen molar-refractivity contribution in [2.75, 3.05) is 17.7 Å². The van der Waals surface area contributed by atoms with Gasteiger partial charge in [-0.15, -0.1) is 11.6 Å². The number of aromatic nitrogens is 1. The topological polar surface area (TPSA) is 54.0 Å². The summed E-state index contributed by atoms with van der Waals surface area (Å²) in [6.07, 6.45) is 1.69. The van der Waals surface area contributed by atoms with Gasteiger partial charge in [-0.25, -0.2) is 9.78 Å². The number of hydrogen-bond acceptors (Lipinski definition) is 2. The van der Waals surface area contributed by atoms with Crippen LogP contribution in [-0.2, 0) is 0 Å². The first-order valence-electron chi connectivity index (χ1n) is 4.26. The summed E-state index contributed by atoms with van der Waals surface area (Å²) in [5.74, 6) is 0.928. The Balaban J connectivity index is 2.44. The Morgan fingerprint density at radius 3 is 2.93 bits per heavy atom. The van der Waals surface area contributed by atoms with Crippen molar-refractivity contribution in [3.63, 3.8) is 0 Å². The first kappa shape index (κ1) is 10.8. The number of aryl methyl sites for hydroxylation is 1. The third-order valence-corrected chi connectivity index (χ3v) is 1.72. The molecular formula is C9H12ClN3O. The Kier molecular flexibility index (Phi) is 4.19. The second-order valence-corrected chi connectivity index (χ2v) is 3.17. The van der Waals surface area contributed by atoms with Gasteiger partial charge in [0.2, 0.25) is 0 Å². The van der Waals surface area contributed by atoms with Gasteiger partial charge in [-0.3, -0.25) is 5.32 Å². The molecule has 76 valence electrons. The zero-order chi connectivity index (χ0) is 10.4. The van der Waals surface area contributed by atoms with E-state index in [9.17, 15) is 4.79 Å². The molecular weight excluding hydrogens is 202 g/mol. The van der Waals surface area contributed by atoms with Crippen molar-refractivity contribution in [3.05, 3.63) is 23.9 Å². The molecule has 0 aliphatic carbocycles. The van der Waals surface area contributed by atoms with Crippen LogP contribution < -0.4 is 10.6 Å². The molecule has 0 aliphatic rings. The minimum atomic E-state index is -0.290. The van der Waals surface area contributed by atoms with E-state index in [1.54, 1.807) is 12.3 Å². The lowest BCUT2D eigenvalue weighted by atomic mass is 10.3. The number of rotatable bonds is 3. The lowest BCUT2D eigenvalue weighted by Gasteiger charge is -2.05. The molecule has 0 radical (unpaired) electrons. The first-order chi connectivity index (χ1) is 6.72. The summed E-state index contributed by atoms with van der Waals surface area (Å²) in [6.45, 7) is 2.38. The molecule has 0 aliphatic heterocycles. The summed E-state index contributed by atoms with van der Waals surface area (Å²) < 4.78 is 0. The van der Waals surface area contributed by atoms with E-state index >= 15 is 0 Å². The van der Waals surface area contributed by atoms with Gasteiger partial charge in [0.1, 0.15) is 5.82 Å². The molecule has 4 nitrogen and oxygen atoms in total. The van der Waals surface area contributed by atoms with Crippen LogP contribution in [0.15, 0.2) is 18.3 Å². The SMILES string of the molecule is Cc1ccc(NC(=O)NCCCl)nc1. The highest BCUT2D eigenvalue weighted by Gasteiger charge is 2.00. The summed E-state index contributed by atoms with van der Waals surface area (Å²) in [5.41, 5.74) is 1.05. The molecule has 14 heavy (non-hydrogen) atoms. The van der Waals surface area contributed by atoms with E-state index in [0.717, 1.165) is 5.56 Å². The zero-order valence-corrected chi connectivity index (χ0v) is 8.64. The number of nitrogens with zero attached hydrogens (tertiary/aromatic N) is 1. The minimum Gasteiger partial charge on any atom is -0.337 e. The predicted molar refractivity (Wildman–Crippen MR) is 56.7 cm³/mol. The molecule has 0 atom stereocenters. The van der Waals surface area contributed by atoms with E-state index < -0.39 is 0 Å². The van der Waals surface area contributed by atoms with Crippen molar-refractivity contribution in [2.24, 2.45) is 0 Å². The van der Waals surface area contributed by atoms with Crippen molar-refractivity contribution >= 4 is 23.4 Å². The van der Waals surface area contributed by atoms with Crippen LogP contribution in [-0.4, -0.2) is 23.4 Å². The molecule has 0 bridgehead atoms. The molecule has 0 aromatic carbocycles. The Hall–Kier alpha value is -1.29. The fraction of sp³-hybridized carbons (Fsp3) is 0.333. The molecule has 1 aromatic heterocycles. The van der Waals surface area contributed by atoms with Crippen LogP contribution in [0.5, 0.6) is 0 Å². The summed E-state index contributed by atoms with van der Waals surface area (Å²) in [6, 6.07) is 3.33. The molecule has 5 heteroatoms. The molecule has 1 heterocycles. The Morgan fingerprint density at radius 2 is 2.36 bits per heavy atom. The Morgan fingerprint density at radius 1 is 1.57 bits per heavy atom. The third kappa shape index (κ3) is 3.62. The molecule has 2 amide bonds. The number of hydrogen-bond donors (Lipinski definition) is 2. The van der Waals surface area contributed by atoms with Gasteiger partial charge in [0.05, 0.1) is 0 Å². The number of carbonyl (C=O) groups is 1. The second kappa shape index (κ2) is 5.44. The van der Waals surface area contributed by atoms with Crippen LogP contribution in [0.3, 0.4) is 0 Å². The van der Waals surface area contributed by atoms with Crippen LogP contribution in [0.2, 0.25) is 0 Å². The third-order valence-electron chi connectivity index (χ3n) is 1.53. The van der Waals surface area contributed by atoms with Gasteiger partial charge in [0, 0.05) is 18.6 Å². The lowest BCUT2D eigenvalue weighted by molar-refractivity contribution is 0.252. The number of anilines is 1. The number of alkyl halides is 1. The van der Waals surface area contributed by atoms with E-state index in [4.69, 9.17) is 11.6 Å². The van der Waals surface area contributed by atoms with Gasteiger partial charge in [-0.2, -0.15) is 0 Å². The lowest BCUT2D eigenvalue weighted by Crippen LogP contribution is -2.30. The van der Waals surface area contributed by atoms with Gasteiger partial charge in [-0.1, -0.05) is 6.07 Å². The summed E-state index contributed by atoms with van der Waals surface area (Å²) in [7, 11) is 0. The number of amides is 2. The maximum Gasteiger partial charge on any atom is 0.320 e. The molecule has 2 N–H and O–H groups in total. The van der Waals surface area contributed by atoms with Crippen LogP contribution in [0.4, 0.5) is 10.6 Å². The zero-order valence-electron chi connectivity index (χ0n) is 7.88. The summed E-state index contributed by atoms with van der Waals surface area (Å²) >= 11 is 5.41. The van der Waals surface area contributed by atoms with Crippen LogP contribution in [0, 0.1) is 6.92 Å². The largest absolute Gasteiger partial charge is 0.337 e. The quantitative estimate of drug-likeness (QED) is 0.752. The fourth-order valence-electron chi connectivity index (χ4n) is 0.863. The molecule has 0 fully saturated rings. The van der Waals surface area contributed by atoms with Crippen LogP contribution in [0.1, 0.15) is 5.56 Å². The highest BCUT2D eigenvalue weighted by molar-refractivity contribution is 6.18. The van der Waals surface area contributed by atoms with E-state index in [1.807, 2.05) is 13.0 Å². The van der Waals surface area contributed by atoms with Gasteiger partial charge in [0.25, 0.3) is 0 Å². The molecule has 0 saturated heterocycles. The highest BCUT2D eigenvalue weighted by Crippen LogP contribution is 2.02. The normalized spacial score (nSPS) is 9.57. The monoisotopic (exact) mass is 213 g/mol. The number of nitrogens with one attached hydrogen (secondary N) is 2. The second-order valence-electron chi connectivity index (χ2n) is 2.79. The standard InChI is InChI=1S/C9H12ClN3O/c1-7-2-3-8(12-6-7)13-9(14)11-5-4-10/h2-3,6H,4-5H2,1H3,(H2,11,12,13,14). The molecule has 1 rings (SSSR count). The highest BCUT2D eigenvalue weighted by atomic mass is 35.5. The molecule has 0 saturated carbocycles. The molecule has 0 unspecified atom stereocenters. The fourth-order valence-corrected chi connectivity index (χ4v) is 0.958. The average Bonchev–Trinajstić information content (AvgIpc) is 2.18. The van der Waals surface area contributed by atoms with Crippen LogP contribution >= 0.6 is 11.6 Å². The van der Waals surface area contributed by atoms with E-state index in [1.165, 1.54) is 0 Å². The van der Waals surface area contributed by atoms with Gasteiger partial charge >= 0.3 is 6.03 Å². The van der Waals surface area contributed by atoms with E-state index in [-0.39, 0.29) is 6.03 Å². The van der Waals surface area contributed by atoms with Crippen molar-refractivity contribution in [1.82, 2.24) is 10.3 Å². The van der Waals surface area contributed by atoms with Crippen molar-refractivity contribution in [1.29, 1.82) is 0 Å². The number of carbonyl (C=O) groups excluding carboxylic acids is 1. The van der Waals surface area contributed by atoms with Gasteiger partial charge < -0.3 is 5.32 Å². The van der Waals surface area contributed by atoms with Gasteiger partial charge in [0.15, 0.2) is 0 Å². The minimum absolute atomic E-state index is 0.290. The number of halogens is 1.